The van der Waals surface area contributed by atoms with E-state index < -0.39 is 5.97 Å². The average molecular weight is 338 g/mol. The predicted octanol–water partition coefficient (Wildman–Crippen LogP) is 3.17. The van der Waals surface area contributed by atoms with Crippen LogP contribution in [0.2, 0.25) is 5.02 Å². The number of amides is 1. The van der Waals surface area contributed by atoms with Crippen molar-refractivity contribution in [3.63, 3.8) is 0 Å². The molecule has 0 radical (unpaired) electrons. The molecule has 6 nitrogen and oxygen atoms in total. The van der Waals surface area contributed by atoms with Gasteiger partial charge in [-0.3, -0.25) is 4.79 Å². The van der Waals surface area contributed by atoms with E-state index in [4.69, 9.17) is 25.9 Å². The molecule has 0 atom stereocenters. The molecule has 23 heavy (non-hydrogen) atoms. The molecule has 122 valence electrons. The molecular formula is C16H16ClNO5. The number of halogens is 1. The predicted molar refractivity (Wildman–Crippen MR) is 84.2 cm³/mol. The Kier molecular flexibility index (Phi) is 5.65. The summed E-state index contributed by atoms with van der Waals surface area (Å²) < 4.78 is 10.5. The van der Waals surface area contributed by atoms with Crippen LogP contribution in [0.5, 0.6) is 5.75 Å². The highest BCUT2D eigenvalue weighted by Crippen LogP contribution is 2.17. The van der Waals surface area contributed by atoms with Crippen LogP contribution >= 0.6 is 11.6 Å². The van der Waals surface area contributed by atoms with E-state index in [1.54, 1.807) is 31.3 Å². The zero-order chi connectivity index (χ0) is 16.8. The smallest absolute Gasteiger partial charge is 0.371 e. The van der Waals surface area contributed by atoms with E-state index >= 15 is 0 Å². The Morgan fingerprint density at radius 1 is 1.26 bits per heavy atom. The first-order valence-electron chi connectivity index (χ1n) is 6.94. The van der Waals surface area contributed by atoms with Gasteiger partial charge in [-0.1, -0.05) is 17.7 Å². The molecule has 0 spiro atoms. The third-order valence-electron chi connectivity index (χ3n) is 3.08. The zero-order valence-electron chi connectivity index (χ0n) is 12.5. The molecule has 0 aliphatic rings. The highest BCUT2D eigenvalue weighted by molar-refractivity contribution is 6.30. The normalized spacial score (nSPS) is 10.3. The maximum Gasteiger partial charge on any atom is 0.371 e. The molecule has 0 aliphatic heterocycles. The van der Waals surface area contributed by atoms with Crippen LogP contribution < -0.4 is 4.74 Å². The average Bonchev–Trinajstić information content (AvgIpc) is 3.01. The minimum Gasteiger partial charge on any atom is -0.493 e. The van der Waals surface area contributed by atoms with Gasteiger partial charge >= 0.3 is 5.97 Å². The van der Waals surface area contributed by atoms with Crippen molar-refractivity contribution in [2.45, 2.75) is 6.42 Å². The van der Waals surface area contributed by atoms with E-state index in [1.807, 2.05) is 0 Å². The van der Waals surface area contributed by atoms with Crippen molar-refractivity contribution < 1.29 is 23.8 Å². The van der Waals surface area contributed by atoms with Crippen molar-refractivity contribution in [3.8, 4) is 5.75 Å². The Labute approximate surface area is 138 Å². The Morgan fingerprint density at radius 2 is 2.00 bits per heavy atom. The first-order valence-corrected chi connectivity index (χ1v) is 7.32. The summed E-state index contributed by atoms with van der Waals surface area (Å²) >= 11 is 5.86. The third kappa shape index (κ3) is 4.75. The summed E-state index contributed by atoms with van der Waals surface area (Å²) in [5.41, 5.74) is 0. The van der Waals surface area contributed by atoms with Crippen molar-refractivity contribution in [3.05, 3.63) is 52.9 Å². The Bertz CT molecular complexity index is 697. The van der Waals surface area contributed by atoms with E-state index in [0.29, 0.717) is 30.3 Å². The van der Waals surface area contributed by atoms with Gasteiger partial charge < -0.3 is 19.2 Å². The summed E-state index contributed by atoms with van der Waals surface area (Å²) in [4.78, 5) is 24.3. The summed E-state index contributed by atoms with van der Waals surface area (Å²) in [7, 11) is 1.62. The van der Waals surface area contributed by atoms with Gasteiger partial charge in [0.2, 0.25) is 5.76 Å². The van der Waals surface area contributed by atoms with Gasteiger partial charge in [0, 0.05) is 18.6 Å². The molecule has 0 aliphatic carbocycles. The Balaban J connectivity index is 1.78. The lowest BCUT2D eigenvalue weighted by atomic mass is 10.3. The number of benzene rings is 1. The number of carboxylic acid groups (broad SMARTS) is 1. The van der Waals surface area contributed by atoms with Crippen molar-refractivity contribution in [1.82, 2.24) is 4.90 Å². The lowest BCUT2D eigenvalue weighted by Crippen LogP contribution is -2.28. The number of nitrogens with zero attached hydrogens (tertiary/aromatic N) is 1. The van der Waals surface area contributed by atoms with Gasteiger partial charge in [0.1, 0.15) is 5.75 Å². The molecule has 1 N–H and O–H groups in total. The lowest BCUT2D eigenvalue weighted by Gasteiger charge is -2.15. The number of ether oxygens (including phenoxy) is 1. The van der Waals surface area contributed by atoms with Crippen LogP contribution in [0.25, 0.3) is 0 Å². The molecule has 0 saturated carbocycles. The summed E-state index contributed by atoms with van der Waals surface area (Å²) in [5, 5.41) is 9.37. The Hall–Kier alpha value is -2.47. The zero-order valence-corrected chi connectivity index (χ0v) is 13.2. The standard InChI is InChI=1S/C16H16ClNO5/c1-18(15(19)13-6-7-14(23-13)16(20)21)8-3-9-22-12-5-2-4-11(17)10-12/h2,4-7,10H,3,8-9H2,1H3,(H,20,21). The van der Waals surface area contributed by atoms with E-state index in [9.17, 15) is 9.59 Å². The summed E-state index contributed by atoms with van der Waals surface area (Å²) in [6.07, 6.45) is 0.612. The molecule has 1 heterocycles. The number of hydrogen-bond donors (Lipinski definition) is 1. The molecule has 1 amide bonds. The highest BCUT2D eigenvalue weighted by atomic mass is 35.5. The second-order valence-electron chi connectivity index (χ2n) is 4.86. The SMILES string of the molecule is CN(CCCOc1cccc(Cl)c1)C(=O)c1ccc(C(=O)O)o1. The van der Waals surface area contributed by atoms with E-state index in [-0.39, 0.29) is 17.4 Å². The van der Waals surface area contributed by atoms with Crippen molar-refractivity contribution in [2.75, 3.05) is 20.2 Å². The third-order valence-corrected chi connectivity index (χ3v) is 3.31. The molecule has 0 bridgehead atoms. The van der Waals surface area contributed by atoms with Crippen molar-refractivity contribution in [2.24, 2.45) is 0 Å². The first-order chi connectivity index (χ1) is 11.0. The summed E-state index contributed by atoms with van der Waals surface area (Å²) in [6, 6.07) is 9.68. The summed E-state index contributed by atoms with van der Waals surface area (Å²) in [5.74, 6) is -1.17. The van der Waals surface area contributed by atoms with Crippen LogP contribution in [0, 0.1) is 0 Å². The van der Waals surface area contributed by atoms with Crippen LogP contribution in [0.15, 0.2) is 40.8 Å². The number of aromatic carboxylic acids is 1. The fraction of sp³-hybridized carbons (Fsp3) is 0.250. The number of furan rings is 1. The molecule has 0 fully saturated rings. The van der Waals surface area contributed by atoms with Crippen molar-refractivity contribution in [1.29, 1.82) is 0 Å². The minimum atomic E-state index is -1.21. The molecule has 0 saturated heterocycles. The second kappa shape index (κ2) is 7.69. The quantitative estimate of drug-likeness (QED) is 0.785. The molecular weight excluding hydrogens is 322 g/mol. The van der Waals surface area contributed by atoms with Gasteiger partial charge in [-0.25, -0.2) is 4.79 Å². The molecule has 2 aromatic rings. The fourth-order valence-electron chi connectivity index (χ4n) is 1.91. The van der Waals surface area contributed by atoms with Gasteiger partial charge in [0.05, 0.1) is 6.61 Å². The number of carboxylic acids is 1. The number of carbonyl (C=O) groups excluding carboxylic acids is 1. The molecule has 2 rings (SSSR count). The van der Waals surface area contributed by atoms with Gasteiger partial charge in [-0.05, 0) is 36.8 Å². The number of hydrogen-bond acceptors (Lipinski definition) is 4. The fourth-order valence-corrected chi connectivity index (χ4v) is 2.09. The molecule has 0 unspecified atom stereocenters. The van der Waals surface area contributed by atoms with Crippen LogP contribution in [-0.4, -0.2) is 42.1 Å². The monoisotopic (exact) mass is 337 g/mol. The summed E-state index contributed by atoms with van der Waals surface area (Å²) in [6.45, 7) is 0.874. The van der Waals surface area contributed by atoms with Gasteiger partial charge in [0.25, 0.3) is 5.91 Å². The van der Waals surface area contributed by atoms with Crippen LogP contribution in [0.4, 0.5) is 0 Å². The maximum atomic E-state index is 12.1. The maximum absolute atomic E-state index is 12.1. The van der Waals surface area contributed by atoms with Crippen LogP contribution in [0.1, 0.15) is 27.5 Å². The molecule has 1 aromatic carbocycles. The lowest BCUT2D eigenvalue weighted by molar-refractivity contribution is 0.0653. The molecule has 7 heteroatoms. The topological polar surface area (TPSA) is 80.0 Å². The van der Waals surface area contributed by atoms with Gasteiger partial charge in [0.15, 0.2) is 5.76 Å². The minimum absolute atomic E-state index is 0.000611. The first kappa shape index (κ1) is 16.9. The van der Waals surface area contributed by atoms with E-state index in [1.165, 1.54) is 17.0 Å². The van der Waals surface area contributed by atoms with E-state index in [0.717, 1.165) is 0 Å². The molecule has 1 aromatic heterocycles. The van der Waals surface area contributed by atoms with Gasteiger partial charge in [-0.2, -0.15) is 0 Å². The van der Waals surface area contributed by atoms with Gasteiger partial charge in [-0.15, -0.1) is 0 Å². The largest absolute Gasteiger partial charge is 0.493 e. The second-order valence-corrected chi connectivity index (χ2v) is 5.29. The highest BCUT2D eigenvalue weighted by Gasteiger charge is 2.18. The van der Waals surface area contributed by atoms with Crippen LogP contribution in [-0.2, 0) is 0 Å². The number of rotatable bonds is 7. The number of carbonyl (C=O) groups is 2. The van der Waals surface area contributed by atoms with Crippen molar-refractivity contribution >= 4 is 23.5 Å². The van der Waals surface area contributed by atoms with Crippen LogP contribution in [0.3, 0.4) is 0 Å². The van der Waals surface area contributed by atoms with E-state index in [2.05, 4.69) is 0 Å². The Morgan fingerprint density at radius 3 is 2.65 bits per heavy atom.